The third kappa shape index (κ3) is 5.78. The van der Waals surface area contributed by atoms with Gasteiger partial charge in [-0.25, -0.2) is 0 Å². The Morgan fingerprint density at radius 1 is 1.27 bits per heavy atom. The maximum atomic E-state index is 11.5. The van der Waals surface area contributed by atoms with Gasteiger partial charge in [-0.05, 0) is 25.5 Å². The Hall–Kier alpha value is -2.64. The van der Waals surface area contributed by atoms with Crippen molar-refractivity contribution in [2.45, 2.75) is 20.3 Å². The van der Waals surface area contributed by atoms with E-state index in [9.17, 15) is 19.7 Å². The Labute approximate surface area is 128 Å². The summed E-state index contributed by atoms with van der Waals surface area (Å²) in [6, 6.07) is 4.23. The lowest BCUT2D eigenvalue weighted by Gasteiger charge is -2.08. The number of amides is 2. The number of aryl methyl sites for hydroxylation is 1. The smallest absolute Gasteiger partial charge is 0.272 e. The summed E-state index contributed by atoms with van der Waals surface area (Å²) in [6.07, 6.45) is 0.822. The van der Waals surface area contributed by atoms with Crippen molar-refractivity contribution in [2.75, 3.05) is 19.7 Å². The van der Waals surface area contributed by atoms with Crippen molar-refractivity contribution in [1.29, 1.82) is 0 Å². The molecule has 0 heterocycles. The summed E-state index contributed by atoms with van der Waals surface area (Å²) in [5.74, 6) is -0.349. The van der Waals surface area contributed by atoms with Crippen LogP contribution in [0.1, 0.15) is 18.9 Å². The summed E-state index contributed by atoms with van der Waals surface area (Å²) in [4.78, 5) is 33.0. The molecule has 0 fully saturated rings. The second-order valence-corrected chi connectivity index (χ2v) is 4.62. The van der Waals surface area contributed by atoms with E-state index < -0.39 is 10.8 Å². The number of benzene rings is 1. The normalized spacial score (nSPS) is 9.91. The maximum absolute atomic E-state index is 11.5. The van der Waals surface area contributed by atoms with Crippen LogP contribution in [-0.2, 0) is 9.59 Å². The standard InChI is InChI=1S/C14H19N3O5/c1-3-6-15-13(18)8-16-14(19)9-22-11-4-5-12(17(20)21)10(2)7-11/h4-5,7H,3,6,8-9H2,1-2H3,(H,15,18)(H,16,19). The second-order valence-electron chi connectivity index (χ2n) is 4.62. The van der Waals surface area contributed by atoms with Crippen LogP contribution in [-0.4, -0.2) is 36.4 Å². The molecule has 22 heavy (non-hydrogen) atoms. The predicted molar refractivity (Wildman–Crippen MR) is 79.6 cm³/mol. The molecular weight excluding hydrogens is 290 g/mol. The molecule has 8 heteroatoms. The minimum atomic E-state index is -0.485. The summed E-state index contributed by atoms with van der Waals surface area (Å²) in [7, 11) is 0. The topological polar surface area (TPSA) is 111 Å². The van der Waals surface area contributed by atoms with Gasteiger partial charge in [0.2, 0.25) is 5.91 Å². The maximum Gasteiger partial charge on any atom is 0.272 e. The Morgan fingerprint density at radius 3 is 2.59 bits per heavy atom. The van der Waals surface area contributed by atoms with E-state index in [1.165, 1.54) is 18.2 Å². The number of nitro benzene ring substituents is 1. The van der Waals surface area contributed by atoms with Gasteiger partial charge in [0, 0.05) is 18.2 Å². The average molecular weight is 309 g/mol. The van der Waals surface area contributed by atoms with Crippen molar-refractivity contribution >= 4 is 17.5 Å². The van der Waals surface area contributed by atoms with Crippen LogP contribution in [0.25, 0.3) is 0 Å². The first-order valence-corrected chi connectivity index (χ1v) is 6.85. The molecule has 1 aromatic rings. The molecular formula is C14H19N3O5. The van der Waals surface area contributed by atoms with Gasteiger partial charge in [0.25, 0.3) is 11.6 Å². The van der Waals surface area contributed by atoms with E-state index in [1.807, 2.05) is 6.92 Å². The van der Waals surface area contributed by atoms with Gasteiger partial charge in [0.05, 0.1) is 11.5 Å². The summed E-state index contributed by atoms with van der Waals surface area (Å²) in [5, 5.41) is 15.7. The van der Waals surface area contributed by atoms with E-state index in [4.69, 9.17) is 4.74 Å². The number of nitro groups is 1. The number of carbonyl (C=O) groups excluding carboxylic acids is 2. The van der Waals surface area contributed by atoms with Crippen molar-refractivity contribution in [2.24, 2.45) is 0 Å². The van der Waals surface area contributed by atoms with Gasteiger partial charge >= 0.3 is 0 Å². The highest BCUT2D eigenvalue weighted by Gasteiger charge is 2.11. The molecule has 2 amide bonds. The lowest BCUT2D eigenvalue weighted by atomic mass is 10.2. The highest BCUT2D eigenvalue weighted by Crippen LogP contribution is 2.22. The molecule has 2 N–H and O–H groups in total. The van der Waals surface area contributed by atoms with Gasteiger partial charge in [0.15, 0.2) is 6.61 Å². The van der Waals surface area contributed by atoms with Crippen LogP contribution in [0.2, 0.25) is 0 Å². The van der Waals surface area contributed by atoms with E-state index in [2.05, 4.69) is 10.6 Å². The number of rotatable bonds is 8. The first-order valence-electron chi connectivity index (χ1n) is 6.85. The summed E-state index contributed by atoms with van der Waals surface area (Å²) in [6.45, 7) is 3.70. The van der Waals surface area contributed by atoms with Crippen molar-refractivity contribution in [3.05, 3.63) is 33.9 Å². The molecule has 0 aliphatic carbocycles. The number of ether oxygens (including phenoxy) is 1. The highest BCUT2D eigenvalue weighted by molar-refractivity contribution is 5.85. The van der Waals surface area contributed by atoms with Crippen LogP contribution in [0.4, 0.5) is 5.69 Å². The monoisotopic (exact) mass is 309 g/mol. The van der Waals surface area contributed by atoms with Crippen molar-refractivity contribution in [1.82, 2.24) is 10.6 Å². The summed E-state index contributed by atoms with van der Waals surface area (Å²) >= 11 is 0. The van der Waals surface area contributed by atoms with Crippen molar-refractivity contribution < 1.29 is 19.2 Å². The number of hydrogen-bond acceptors (Lipinski definition) is 5. The molecule has 0 unspecified atom stereocenters. The molecule has 8 nitrogen and oxygen atoms in total. The van der Waals surface area contributed by atoms with Gasteiger partial charge in [-0.1, -0.05) is 6.92 Å². The highest BCUT2D eigenvalue weighted by atomic mass is 16.6. The minimum Gasteiger partial charge on any atom is -0.484 e. The van der Waals surface area contributed by atoms with Crippen LogP contribution in [0.15, 0.2) is 18.2 Å². The van der Waals surface area contributed by atoms with Gasteiger partial charge in [0.1, 0.15) is 5.75 Å². The number of hydrogen-bond donors (Lipinski definition) is 2. The van der Waals surface area contributed by atoms with E-state index in [0.717, 1.165) is 6.42 Å². The molecule has 0 bridgehead atoms. The first kappa shape index (κ1) is 17.4. The molecule has 0 aliphatic rings. The van der Waals surface area contributed by atoms with E-state index in [1.54, 1.807) is 6.92 Å². The Morgan fingerprint density at radius 2 is 2.00 bits per heavy atom. The second kappa shape index (κ2) is 8.60. The van der Waals surface area contributed by atoms with Gasteiger partial charge in [-0.15, -0.1) is 0 Å². The Bertz CT molecular complexity index is 559. The molecule has 0 atom stereocenters. The predicted octanol–water partition coefficient (Wildman–Crippen LogP) is 0.924. The third-order valence-electron chi connectivity index (χ3n) is 2.75. The van der Waals surface area contributed by atoms with Crippen LogP contribution in [0.5, 0.6) is 5.75 Å². The molecule has 0 spiro atoms. The van der Waals surface area contributed by atoms with E-state index in [-0.39, 0.29) is 24.7 Å². The molecule has 0 saturated heterocycles. The fourth-order valence-corrected chi connectivity index (χ4v) is 1.63. The molecule has 1 rings (SSSR count). The lowest BCUT2D eigenvalue weighted by molar-refractivity contribution is -0.385. The molecule has 0 saturated carbocycles. The van der Waals surface area contributed by atoms with Crippen molar-refractivity contribution in [3.63, 3.8) is 0 Å². The number of carbonyl (C=O) groups is 2. The van der Waals surface area contributed by atoms with Crippen molar-refractivity contribution in [3.8, 4) is 5.75 Å². The Balaban J connectivity index is 2.39. The SMILES string of the molecule is CCCNC(=O)CNC(=O)COc1ccc([N+](=O)[O-])c(C)c1. The van der Waals surface area contributed by atoms with Crippen LogP contribution < -0.4 is 15.4 Å². The Kier molecular flexibility index (Phi) is 6.81. The quantitative estimate of drug-likeness (QED) is 0.548. The molecule has 0 radical (unpaired) electrons. The third-order valence-corrected chi connectivity index (χ3v) is 2.75. The van der Waals surface area contributed by atoms with Gasteiger partial charge < -0.3 is 15.4 Å². The number of nitrogens with zero attached hydrogens (tertiary/aromatic N) is 1. The van der Waals surface area contributed by atoms with Crippen LogP contribution in [0, 0.1) is 17.0 Å². The van der Waals surface area contributed by atoms with E-state index >= 15 is 0 Å². The number of nitrogens with one attached hydrogen (secondary N) is 2. The van der Waals surface area contributed by atoms with E-state index in [0.29, 0.717) is 17.9 Å². The zero-order valence-corrected chi connectivity index (χ0v) is 12.5. The van der Waals surface area contributed by atoms with Gasteiger partial charge in [-0.3, -0.25) is 19.7 Å². The molecule has 0 aliphatic heterocycles. The largest absolute Gasteiger partial charge is 0.484 e. The zero-order chi connectivity index (χ0) is 16.5. The average Bonchev–Trinajstić information content (AvgIpc) is 2.48. The minimum absolute atomic E-state index is 0.00982. The fraction of sp³-hybridized carbons (Fsp3) is 0.429. The van der Waals surface area contributed by atoms with Crippen LogP contribution >= 0.6 is 0 Å². The molecule has 0 aromatic heterocycles. The zero-order valence-electron chi connectivity index (χ0n) is 12.5. The summed E-state index contributed by atoms with van der Waals surface area (Å²) < 4.78 is 5.23. The molecule has 120 valence electrons. The molecule has 1 aromatic carbocycles. The lowest BCUT2D eigenvalue weighted by Crippen LogP contribution is -2.39. The van der Waals surface area contributed by atoms with Crippen LogP contribution in [0.3, 0.4) is 0 Å². The fourth-order valence-electron chi connectivity index (χ4n) is 1.63. The summed E-state index contributed by atoms with van der Waals surface area (Å²) in [5.41, 5.74) is 0.436. The van der Waals surface area contributed by atoms with Gasteiger partial charge in [-0.2, -0.15) is 0 Å². The first-order chi connectivity index (χ1) is 10.4.